The maximum Gasteiger partial charge on any atom is 0.241 e. The molecule has 0 aliphatic heterocycles. The molecule has 0 saturated heterocycles. The Morgan fingerprint density at radius 1 is 1.16 bits per heavy atom. The van der Waals surface area contributed by atoms with Crippen LogP contribution < -0.4 is 4.72 Å². The van der Waals surface area contributed by atoms with Crippen LogP contribution >= 0.6 is 0 Å². The van der Waals surface area contributed by atoms with Crippen molar-refractivity contribution in [1.82, 2.24) is 4.72 Å². The average molecular weight is 360 g/mol. The summed E-state index contributed by atoms with van der Waals surface area (Å²) in [5.41, 5.74) is 2.35. The van der Waals surface area contributed by atoms with Crippen molar-refractivity contribution in [3.8, 4) is 0 Å². The SMILES string of the molecule is C/C(=C\c1ccccc1)C(C[N+](=O)[O-])NS(=O)(=O)c1ccc(C)cc1. The minimum absolute atomic E-state index is 0.0824. The zero-order chi connectivity index (χ0) is 18.4. The minimum atomic E-state index is -3.85. The van der Waals surface area contributed by atoms with Gasteiger partial charge in [0.25, 0.3) is 0 Å². The summed E-state index contributed by atoms with van der Waals surface area (Å²) >= 11 is 0. The van der Waals surface area contributed by atoms with Gasteiger partial charge in [0.05, 0.1) is 4.90 Å². The van der Waals surface area contributed by atoms with Gasteiger partial charge in [0.1, 0.15) is 6.04 Å². The second kappa shape index (κ2) is 8.04. The van der Waals surface area contributed by atoms with Gasteiger partial charge in [-0.3, -0.25) is 10.1 Å². The Balaban J connectivity index is 2.29. The van der Waals surface area contributed by atoms with Gasteiger partial charge >= 0.3 is 0 Å². The van der Waals surface area contributed by atoms with Crippen LogP contribution in [0.2, 0.25) is 0 Å². The third kappa shape index (κ3) is 5.51. The fraction of sp³-hybridized carbons (Fsp3) is 0.222. The highest BCUT2D eigenvalue weighted by atomic mass is 32.2. The molecule has 7 heteroatoms. The van der Waals surface area contributed by atoms with E-state index in [1.807, 2.05) is 37.3 Å². The fourth-order valence-corrected chi connectivity index (χ4v) is 3.57. The molecule has 0 fully saturated rings. The Hall–Kier alpha value is -2.51. The lowest BCUT2D eigenvalue weighted by atomic mass is 10.1. The van der Waals surface area contributed by atoms with E-state index in [4.69, 9.17) is 0 Å². The van der Waals surface area contributed by atoms with Crippen molar-refractivity contribution in [2.24, 2.45) is 0 Å². The van der Waals surface area contributed by atoms with Crippen LogP contribution in [-0.2, 0) is 10.0 Å². The summed E-state index contributed by atoms with van der Waals surface area (Å²) in [6, 6.07) is 14.7. The van der Waals surface area contributed by atoms with Crippen molar-refractivity contribution >= 4 is 16.1 Å². The fourth-order valence-electron chi connectivity index (χ4n) is 2.31. The van der Waals surface area contributed by atoms with Gasteiger partial charge < -0.3 is 0 Å². The zero-order valence-corrected chi connectivity index (χ0v) is 14.9. The number of rotatable bonds is 7. The molecule has 1 atom stereocenters. The number of nitrogens with one attached hydrogen (secondary N) is 1. The quantitative estimate of drug-likeness (QED) is 0.607. The molecule has 0 bridgehead atoms. The molecule has 0 amide bonds. The summed E-state index contributed by atoms with van der Waals surface area (Å²) in [7, 11) is -3.85. The molecule has 1 N–H and O–H groups in total. The van der Waals surface area contributed by atoms with Crippen molar-refractivity contribution in [1.29, 1.82) is 0 Å². The molecule has 0 spiro atoms. The van der Waals surface area contributed by atoms with Crippen LogP contribution in [0.1, 0.15) is 18.1 Å². The Bertz CT molecular complexity index is 860. The summed E-state index contributed by atoms with van der Waals surface area (Å²) < 4.78 is 27.5. The van der Waals surface area contributed by atoms with Gasteiger partial charge in [0, 0.05) is 4.92 Å². The van der Waals surface area contributed by atoms with Gasteiger partial charge in [0.15, 0.2) is 0 Å². The number of aryl methyl sites for hydroxylation is 1. The van der Waals surface area contributed by atoms with Gasteiger partial charge in [-0.2, -0.15) is 4.72 Å². The lowest BCUT2D eigenvalue weighted by Gasteiger charge is -2.16. The van der Waals surface area contributed by atoms with Crippen molar-refractivity contribution in [3.63, 3.8) is 0 Å². The highest BCUT2D eigenvalue weighted by molar-refractivity contribution is 7.89. The molecular formula is C18H20N2O4S. The topological polar surface area (TPSA) is 89.3 Å². The maximum absolute atomic E-state index is 12.5. The molecule has 0 aliphatic rings. The number of hydrogen-bond donors (Lipinski definition) is 1. The third-order valence-corrected chi connectivity index (χ3v) is 5.19. The van der Waals surface area contributed by atoms with Crippen LogP contribution in [0.25, 0.3) is 6.08 Å². The predicted octanol–water partition coefficient (Wildman–Crippen LogP) is 3.02. The van der Waals surface area contributed by atoms with Gasteiger partial charge in [-0.15, -0.1) is 0 Å². The summed E-state index contributed by atoms with van der Waals surface area (Å²) in [4.78, 5) is 10.5. The van der Waals surface area contributed by atoms with Crippen LogP contribution in [-0.4, -0.2) is 25.9 Å². The highest BCUT2D eigenvalue weighted by Crippen LogP contribution is 2.15. The number of nitrogens with zero attached hydrogens (tertiary/aromatic N) is 1. The lowest BCUT2D eigenvalue weighted by Crippen LogP contribution is -2.40. The van der Waals surface area contributed by atoms with E-state index in [1.165, 1.54) is 12.1 Å². The Morgan fingerprint density at radius 2 is 1.76 bits per heavy atom. The van der Waals surface area contributed by atoms with Crippen LogP contribution in [0.4, 0.5) is 0 Å². The largest absolute Gasteiger partial charge is 0.264 e. The first-order chi connectivity index (χ1) is 11.8. The first-order valence-electron chi connectivity index (χ1n) is 7.72. The molecule has 25 heavy (non-hydrogen) atoms. The molecule has 0 saturated carbocycles. The predicted molar refractivity (Wildman–Crippen MR) is 97.2 cm³/mol. The molecule has 0 aromatic heterocycles. The standard InChI is InChI=1S/C18H20N2O4S/c1-14-8-10-17(11-9-14)25(23,24)19-18(13-20(21)22)15(2)12-16-6-4-3-5-7-16/h3-12,18-19H,13H2,1-2H3/b15-12+. The van der Waals surface area contributed by atoms with E-state index >= 15 is 0 Å². The van der Waals surface area contributed by atoms with Gasteiger partial charge in [-0.25, -0.2) is 8.42 Å². The summed E-state index contributed by atoms with van der Waals surface area (Å²) in [6.45, 7) is 3.01. The summed E-state index contributed by atoms with van der Waals surface area (Å²) in [5.74, 6) is 0. The van der Waals surface area contributed by atoms with Crippen LogP contribution in [0, 0.1) is 17.0 Å². The second-order valence-electron chi connectivity index (χ2n) is 5.80. The molecule has 2 aromatic rings. The third-order valence-electron chi connectivity index (χ3n) is 3.70. The lowest BCUT2D eigenvalue weighted by molar-refractivity contribution is -0.481. The van der Waals surface area contributed by atoms with Gasteiger partial charge in [-0.1, -0.05) is 54.1 Å². The van der Waals surface area contributed by atoms with E-state index < -0.39 is 27.5 Å². The van der Waals surface area contributed by atoms with Crippen molar-refractivity contribution < 1.29 is 13.3 Å². The molecule has 0 heterocycles. The van der Waals surface area contributed by atoms with E-state index in [2.05, 4.69) is 4.72 Å². The molecule has 6 nitrogen and oxygen atoms in total. The van der Waals surface area contributed by atoms with E-state index in [1.54, 1.807) is 25.1 Å². The van der Waals surface area contributed by atoms with Crippen molar-refractivity contribution in [3.05, 3.63) is 81.4 Å². The maximum atomic E-state index is 12.5. The summed E-state index contributed by atoms with van der Waals surface area (Å²) in [6.07, 6.45) is 1.74. The van der Waals surface area contributed by atoms with Gasteiger partial charge in [0.2, 0.25) is 16.6 Å². The van der Waals surface area contributed by atoms with Gasteiger partial charge in [-0.05, 0) is 37.1 Å². The first kappa shape index (κ1) is 18.8. The molecule has 2 aromatic carbocycles. The van der Waals surface area contributed by atoms with Crippen molar-refractivity contribution in [2.45, 2.75) is 24.8 Å². The summed E-state index contributed by atoms with van der Waals surface area (Å²) in [5, 5.41) is 11.0. The highest BCUT2D eigenvalue weighted by Gasteiger charge is 2.25. The van der Waals surface area contributed by atoms with Crippen molar-refractivity contribution in [2.75, 3.05) is 6.54 Å². The van der Waals surface area contributed by atoms with E-state index in [9.17, 15) is 18.5 Å². The van der Waals surface area contributed by atoms with E-state index in [0.29, 0.717) is 5.57 Å². The van der Waals surface area contributed by atoms with E-state index in [0.717, 1.165) is 11.1 Å². The number of benzene rings is 2. The van der Waals surface area contributed by atoms with Crippen LogP contribution in [0.15, 0.2) is 65.1 Å². The van der Waals surface area contributed by atoms with E-state index in [-0.39, 0.29) is 4.90 Å². The molecule has 0 aliphatic carbocycles. The number of hydrogen-bond acceptors (Lipinski definition) is 4. The molecule has 0 radical (unpaired) electrons. The number of sulfonamides is 1. The molecule has 132 valence electrons. The molecule has 2 rings (SSSR count). The molecule has 1 unspecified atom stereocenters. The monoisotopic (exact) mass is 360 g/mol. The number of nitro groups is 1. The molecular weight excluding hydrogens is 340 g/mol. The Labute approximate surface area is 147 Å². The van der Waals surface area contributed by atoms with Crippen LogP contribution in [0.3, 0.4) is 0 Å². The average Bonchev–Trinajstić information content (AvgIpc) is 2.55. The normalized spacial score (nSPS) is 13.4. The Morgan fingerprint density at radius 3 is 2.32 bits per heavy atom. The minimum Gasteiger partial charge on any atom is -0.264 e. The second-order valence-corrected chi connectivity index (χ2v) is 7.52. The first-order valence-corrected chi connectivity index (χ1v) is 9.20. The van der Waals surface area contributed by atoms with Crippen LogP contribution in [0.5, 0.6) is 0 Å². The zero-order valence-electron chi connectivity index (χ0n) is 14.0. The smallest absolute Gasteiger partial charge is 0.241 e. The Kier molecular flexibility index (Phi) is 6.06.